The maximum Gasteiger partial charge on any atom is 0.179 e. The minimum Gasteiger partial charge on any atom is -0.294 e. The van der Waals surface area contributed by atoms with Gasteiger partial charge >= 0.3 is 0 Å². The highest BCUT2D eigenvalue weighted by molar-refractivity contribution is 8.03. The van der Waals surface area contributed by atoms with Crippen LogP contribution in [0.3, 0.4) is 0 Å². The van der Waals surface area contributed by atoms with Crippen LogP contribution in [0, 0.1) is 5.82 Å². The summed E-state index contributed by atoms with van der Waals surface area (Å²) >= 11 is 4.19. The molecule has 0 atom stereocenters. The normalized spacial score (nSPS) is 10.6. The Morgan fingerprint density at radius 3 is 2.67 bits per heavy atom. The number of hydrogen-bond donors (Lipinski definition) is 0. The van der Waals surface area contributed by atoms with Gasteiger partial charge in [-0.05, 0) is 25.3 Å². The number of aromatic nitrogens is 2. The van der Waals surface area contributed by atoms with Crippen LogP contribution in [-0.4, -0.2) is 22.2 Å². The number of carbonyl (C=O) groups excluding carboxylic acids is 1. The van der Waals surface area contributed by atoms with Gasteiger partial charge in [-0.15, -0.1) is 10.2 Å². The van der Waals surface area contributed by atoms with Crippen molar-refractivity contribution in [3.63, 3.8) is 0 Å². The van der Waals surface area contributed by atoms with Crippen molar-refractivity contribution in [2.45, 2.75) is 20.5 Å². The highest BCUT2D eigenvalue weighted by Crippen LogP contribution is 2.35. The van der Waals surface area contributed by atoms with Crippen LogP contribution in [0.5, 0.6) is 0 Å². The van der Waals surface area contributed by atoms with Gasteiger partial charge < -0.3 is 0 Å². The summed E-state index contributed by atoms with van der Waals surface area (Å²) in [6.07, 6.45) is 1.91. The quantitative estimate of drug-likeness (QED) is 0.635. The molecule has 0 aliphatic rings. The molecular formula is C11H9FN2OS3. The van der Waals surface area contributed by atoms with Crippen molar-refractivity contribution in [1.29, 1.82) is 0 Å². The van der Waals surface area contributed by atoms with Crippen molar-refractivity contribution >= 4 is 40.6 Å². The van der Waals surface area contributed by atoms with E-state index in [4.69, 9.17) is 0 Å². The smallest absolute Gasteiger partial charge is 0.179 e. The van der Waals surface area contributed by atoms with E-state index in [1.807, 2.05) is 6.26 Å². The fraction of sp³-hybridized carbons (Fsp3) is 0.182. The second kappa shape index (κ2) is 5.81. The number of hydrogen-bond acceptors (Lipinski definition) is 6. The molecule has 0 fully saturated rings. The summed E-state index contributed by atoms with van der Waals surface area (Å²) in [4.78, 5) is 12.0. The first-order valence-corrected chi connectivity index (χ1v) is 7.82. The maximum absolute atomic E-state index is 13.6. The van der Waals surface area contributed by atoms with Gasteiger partial charge in [0.15, 0.2) is 14.5 Å². The van der Waals surface area contributed by atoms with Crippen molar-refractivity contribution in [2.75, 3.05) is 6.26 Å². The van der Waals surface area contributed by atoms with Gasteiger partial charge in [0.1, 0.15) is 5.82 Å². The van der Waals surface area contributed by atoms with Crippen LogP contribution in [0.1, 0.15) is 17.3 Å². The second-order valence-corrected chi connectivity index (χ2v) is 6.63. The minimum absolute atomic E-state index is 0.114. The lowest BCUT2D eigenvalue weighted by Gasteiger charge is -2.04. The molecule has 0 aliphatic heterocycles. The van der Waals surface area contributed by atoms with E-state index in [0.29, 0.717) is 9.24 Å². The summed E-state index contributed by atoms with van der Waals surface area (Å²) in [5.41, 5.74) is 0.114. The predicted octanol–water partition coefficient (Wildman–Crippen LogP) is 3.75. The zero-order valence-corrected chi connectivity index (χ0v) is 12.1. The molecule has 18 heavy (non-hydrogen) atoms. The highest BCUT2D eigenvalue weighted by Gasteiger charge is 2.15. The van der Waals surface area contributed by atoms with Crippen molar-refractivity contribution in [2.24, 2.45) is 0 Å². The van der Waals surface area contributed by atoms with Gasteiger partial charge in [0.2, 0.25) is 0 Å². The Labute approximate surface area is 116 Å². The Morgan fingerprint density at radius 1 is 1.33 bits per heavy atom. The third kappa shape index (κ3) is 2.90. The molecule has 1 heterocycles. The molecule has 0 bridgehead atoms. The van der Waals surface area contributed by atoms with Crippen molar-refractivity contribution < 1.29 is 9.18 Å². The number of carbonyl (C=O) groups is 1. The maximum atomic E-state index is 13.6. The van der Waals surface area contributed by atoms with Crippen LogP contribution >= 0.6 is 34.9 Å². The molecule has 0 spiro atoms. The molecule has 1 aromatic heterocycles. The van der Waals surface area contributed by atoms with E-state index >= 15 is 0 Å². The lowest BCUT2D eigenvalue weighted by atomic mass is 10.1. The van der Waals surface area contributed by atoms with Crippen LogP contribution in [-0.2, 0) is 0 Å². The number of ketones is 1. The predicted molar refractivity (Wildman–Crippen MR) is 72.2 cm³/mol. The van der Waals surface area contributed by atoms with Gasteiger partial charge in [0, 0.05) is 4.90 Å². The van der Waals surface area contributed by atoms with E-state index in [2.05, 4.69) is 10.2 Å². The Balaban J connectivity index is 2.34. The molecule has 0 saturated carbocycles. The summed E-state index contributed by atoms with van der Waals surface area (Å²) < 4.78 is 15.2. The standard InChI is InChI=1S/C11H9FN2OS3/c1-6(15)9-7(12)4-3-5-8(9)17-11-14-13-10(16-2)18-11/h3-5H,1-2H3. The molecule has 2 rings (SSSR count). The summed E-state index contributed by atoms with van der Waals surface area (Å²) in [7, 11) is 0. The highest BCUT2D eigenvalue weighted by atomic mass is 32.2. The van der Waals surface area contributed by atoms with E-state index in [1.54, 1.807) is 12.1 Å². The van der Waals surface area contributed by atoms with Gasteiger partial charge in [-0.1, -0.05) is 40.9 Å². The average Bonchev–Trinajstić information content (AvgIpc) is 2.76. The molecule has 0 aliphatic carbocycles. The fourth-order valence-electron chi connectivity index (χ4n) is 1.35. The number of rotatable bonds is 4. The van der Waals surface area contributed by atoms with Gasteiger partial charge in [-0.25, -0.2) is 4.39 Å². The van der Waals surface area contributed by atoms with Gasteiger partial charge in [-0.3, -0.25) is 4.79 Å². The summed E-state index contributed by atoms with van der Waals surface area (Å²) in [6, 6.07) is 4.58. The molecule has 7 heteroatoms. The topological polar surface area (TPSA) is 42.9 Å². The van der Waals surface area contributed by atoms with Crippen molar-refractivity contribution in [1.82, 2.24) is 10.2 Å². The lowest BCUT2D eigenvalue weighted by Crippen LogP contribution is -1.99. The molecule has 2 aromatic rings. The number of nitrogens with zero attached hydrogens (tertiary/aromatic N) is 2. The summed E-state index contributed by atoms with van der Waals surface area (Å²) in [5, 5.41) is 7.95. The first kappa shape index (κ1) is 13.5. The first-order chi connectivity index (χ1) is 8.61. The largest absolute Gasteiger partial charge is 0.294 e. The molecule has 3 nitrogen and oxygen atoms in total. The molecule has 94 valence electrons. The van der Waals surface area contributed by atoms with Gasteiger partial charge in [0.25, 0.3) is 0 Å². The van der Waals surface area contributed by atoms with E-state index in [1.165, 1.54) is 47.9 Å². The molecule has 0 unspecified atom stereocenters. The summed E-state index contributed by atoms with van der Waals surface area (Å²) in [6.45, 7) is 1.36. The van der Waals surface area contributed by atoms with E-state index in [-0.39, 0.29) is 11.3 Å². The zero-order chi connectivity index (χ0) is 13.1. The fourth-order valence-corrected chi connectivity index (χ4v) is 3.94. The lowest BCUT2D eigenvalue weighted by molar-refractivity contribution is 0.101. The molecule has 1 aromatic carbocycles. The first-order valence-electron chi connectivity index (χ1n) is 4.96. The van der Waals surface area contributed by atoms with Crippen molar-refractivity contribution in [3.8, 4) is 0 Å². The van der Waals surface area contributed by atoms with E-state index < -0.39 is 5.82 Å². The third-order valence-electron chi connectivity index (χ3n) is 2.09. The van der Waals surface area contributed by atoms with Crippen LogP contribution in [0.15, 0.2) is 31.8 Å². The monoisotopic (exact) mass is 300 g/mol. The minimum atomic E-state index is -0.498. The SMILES string of the molecule is CSc1nnc(Sc2cccc(F)c2C(C)=O)s1. The third-order valence-corrected chi connectivity index (χ3v) is 5.10. The Bertz CT molecular complexity index is 585. The number of Topliss-reactive ketones (excluding diaryl/α,β-unsaturated/α-hetero) is 1. The van der Waals surface area contributed by atoms with Crippen LogP contribution in [0.2, 0.25) is 0 Å². The van der Waals surface area contributed by atoms with Gasteiger partial charge in [0.05, 0.1) is 5.56 Å². The van der Waals surface area contributed by atoms with E-state index in [9.17, 15) is 9.18 Å². The van der Waals surface area contributed by atoms with Crippen LogP contribution < -0.4 is 0 Å². The Morgan fingerprint density at radius 2 is 2.06 bits per heavy atom. The average molecular weight is 300 g/mol. The molecule has 0 N–H and O–H groups in total. The van der Waals surface area contributed by atoms with Gasteiger partial charge in [-0.2, -0.15) is 0 Å². The Hall–Kier alpha value is -0.920. The molecule has 0 amide bonds. The molecular weight excluding hydrogens is 291 g/mol. The number of benzene rings is 1. The number of halogens is 1. The van der Waals surface area contributed by atoms with Crippen molar-refractivity contribution in [3.05, 3.63) is 29.6 Å². The Kier molecular flexibility index (Phi) is 4.36. The summed E-state index contributed by atoms with van der Waals surface area (Å²) in [5.74, 6) is -0.785. The molecule has 0 saturated heterocycles. The van der Waals surface area contributed by atoms with E-state index in [0.717, 1.165) is 4.34 Å². The molecule has 0 radical (unpaired) electrons. The van der Waals surface area contributed by atoms with Crippen LogP contribution in [0.25, 0.3) is 0 Å². The number of thioether (sulfide) groups is 1. The zero-order valence-electron chi connectivity index (χ0n) is 9.64. The van der Waals surface area contributed by atoms with Crippen LogP contribution in [0.4, 0.5) is 4.39 Å². The second-order valence-electron chi connectivity index (χ2n) is 3.31.